The summed E-state index contributed by atoms with van der Waals surface area (Å²) in [5.74, 6) is 2.35. The number of hydrogen-bond acceptors (Lipinski definition) is 5. The second kappa shape index (κ2) is 13.3. The first-order chi connectivity index (χ1) is 14.5. The first-order valence-electron chi connectivity index (χ1n) is 11.4. The summed E-state index contributed by atoms with van der Waals surface area (Å²) < 4.78 is 5.12. The van der Waals surface area contributed by atoms with Gasteiger partial charge in [0.15, 0.2) is 0 Å². The first-order valence-corrected chi connectivity index (χ1v) is 11.4. The minimum absolute atomic E-state index is 0.0302. The van der Waals surface area contributed by atoms with Crippen LogP contribution in [-0.2, 0) is 19.1 Å². The van der Waals surface area contributed by atoms with E-state index < -0.39 is 12.0 Å². The van der Waals surface area contributed by atoms with Gasteiger partial charge in [0.1, 0.15) is 6.04 Å². The predicted molar refractivity (Wildman–Crippen MR) is 115 cm³/mol. The highest BCUT2D eigenvalue weighted by Crippen LogP contribution is 2.21. The number of likely N-dealkylation sites (tertiary alicyclic amines) is 1. The summed E-state index contributed by atoms with van der Waals surface area (Å²) in [7, 11) is 0. The zero-order valence-corrected chi connectivity index (χ0v) is 18.3. The molecule has 2 atom stereocenters. The van der Waals surface area contributed by atoms with E-state index in [4.69, 9.17) is 11.2 Å². The number of carbonyl (C=O) groups is 3. The number of carbonyl (C=O) groups excluding carboxylic acids is 3. The number of nitrogens with one attached hydrogen (secondary N) is 2. The maximum atomic E-state index is 12.7. The molecular weight excluding hydrogens is 382 g/mol. The van der Waals surface area contributed by atoms with Gasteiger partial charge in [0.25, 0.3) is 0 Å². The number of esters is 1. The topological polar surface area (TPSA) is 87.7 Å². The Bertz CT molecular complexity index is 610. The van der Waals surface area contributed by atoms with Gasteiger partial charge < -0.3 is 20.3 Å². The van der Waals surface area contributed by atoms with Crippen molar-refractivity contribution in [3.05, 3.63) is 0 Å². The third-order valence-electron chi connectivity index (χ3n) is 6.02. The van der Waals surface area contributed by atoms with Crippen LogP contribution in [0.2, 0.25) is 0 Å². The fourth-order valence-electron chi connectivity index (χ4n) is 4.07. The monoisotopic (exact) mass is 419 g/mol. The van der Waals surface area contributed by atoms with Gasteiger partial charge in [-0.3, -0.25) is 14.4 Å². The Balaban J connectivity index is 1.75. The Hall–Kier alpha value is -2.07. The van der Waals surface area contributed by atoms with E-state index in [0.29, 0.717) is 32.0 Å². The molecule has 168 valence electrons. The molecule has 2 saturated heterocycles. The molecule has 2 fully saturated rings. The average Bonchev–Trinajstić information content (AvgIpc) is 2.77. The highest BCUT2D eigenvalue weighted by molar-refractivity contribution is 5.82. The van der Waals surface area contributed by atoms with Crippen molar-refractivity contribution in [2.45, 2.75) is 70.8 Å². The average molecular weight is 420 g/mol. The standard InChI is InChI=1S/C23H37N3O4/c1-3-5-15-30-22(28)16-20(4-2)25-23(29)19-7-6-14-26(17-19)21(27)9-8-18-10-12-24-13-11-18/h2,18-20,24H,3,5-17H2,1H3,(H,25,29)/t19-,20-/m1/s1. The molecule has 30 heavy (non-hydrogen) atoms. The molecule has 2 amide bonds. The predicted octanol–water partition coefficient (Wildman–Crippen LogP) is 1.86. The van der Waals surface area contributed by atoms with Crippen LogP contribution >= 0.6 is 0 Å². The fourth-order valence-corrected chi connectivity index (χ4v) is 4.07. The van der Waals surface area contributed by atoms with Gasteiger partial charge in [0.05, 0.1) is 18.9 Å². The van der Waals surface area contributed by atoms with Crippen LogP contribution in [-0.4, -0.2) is 61.5 Å². The van der Waals surface area contributed by atoms with Crippen molar-refractivity contribution in [3.63, 3.8) is 0 Å². The Morgan fingerprint density at radius 1 is 1.27 bits per heavy atom. The molecule has 0 bridgehead atoms. The maximum Gasteiger partial charge on any atom is 0.308 e. The minimum atomic E-state index is -0.683. The lowest BCUT2D eigenvalue weighted by molar-refractivity contribution is -0.144. The zero-order chi connectivity index (χ0) is 21.8. The Morgan fingerprint density at radius 3 is 2.73 bits per heavy atom. The number of nitrogens with zero attached hydrogens (tertiary/aromatic N) is 1. The van der Waals surface area contributed by atoms with Crippen LogP contribution in [0.3, 0.4) is 0 Å². The van der Waals surface area contributed by atoms with E-state index in [-0.39, 0.29) is 24.2 Å². The second-order valence-electron chi connectivity index (χ2n) is 8.42. The number of terminal acetylenes is 1. The van der Waals surface area contributed by atoms with Gasteiger partial charge in [-0.2, -0.15) is 0 Å². The molecular formula is C23H37N3O4. The number of hydrogen-bond donors (Lipinski definition) is 2. The van der Waals surface area contributed by atoms with Crippen LogP contribution in [0, 0.1) is 24.2 Å². The minimum Gasteiger partial charge on any atom is -0.466 e. The van der Waals surface area contributed by atoms with Crippen LogP contribution in [0.4, 0.5) is 0 Å². The quantitative estimate of drug-likeness (QED) is 0.321. The molecule has 0 aliphatic carbocycles. The van der Waals surface area contributed by atoms with E-state index in [1.54, 1.807) is 0 Å². The smallest absolute Gasteiger partial charge is 0.308 e. The van der Waals surface area contributed by atoms with Gasteiger partial charge in [0, 0.05) is 19.5 Å². The summed E-state index contributed by atoms with van der Waals surface area (Å²) in [6.07, 6.45) is 12.5. The van der Waals surface area contributed by atoms with Gasteiger partial charge in [-0.05, 0) is 57.5 Å². The lowest BCUT2D eigenvalue weighted by atomic mass is 9.92. The van der Waals surface area contributed by atoms with Crippen molar-refractivity contribution in [1.82, 2.24) is 15.5 Å². The molecule has 2 N–H and O–H groups in total. The molecule has 7 nitrogen and oxygen atoms in total. The molecule has 2 rings (SSSR count). The van der Waals surface area contributed by atoms with Crippen molar-refractivity contribution < 1.29 is 19.1 Å². The molecule has 0 aromatic heterocycles. The molecule has 2 aliphatic rings. The van der Waals surface area contributed by atoms with Crippen molar-refractivity contribution in [2.24, 2.45) is 11.8 Å². The van der Waals surface area contributed by atoms with Crippen molar-refractivity contribution >= 4 is 17.8 Å². The van der Waals surface area contributed by atoms with Gasteiger partial charge >= 0.3 is 5.97 Å². The Kier molecular flexibility index (Phi) is 10.7. The number of ether oxygens (including phenoxy) is 1. The van der Waals surface area contributed by atoms with Crippen LogP contribution in [0.1, 0.15) is 64.7 Å². The van der Waals surface area contributed by atoms with Crippen molar-refractivity contribution in [1.29, 1.82) is 0 Å². The molecule has 2 aliphatic heterocycles. The molecule has 0 saturated carbocycles. The van der Waals surface area contributed by atoms with Crippen LogP contribution < -0.4 is 10.6 Å². The molecule has 0 unspecified atom stereocenters. The SMILES string of the molecule is C#C[C@H](CC(=O)OCCCC)NC(=O)[C@@H]1CCCN(C(=O)CCC2CCNCC2)C1. The van der Waals surface area contributed by atoms with E-state index in [0.717, 1.165) is 58.0 Å². The largest absolute Gasteiger partial charge is 0.466 e. The van der Waals surface area contributed by atoms with E-state index in [2.05, 4.69) is 16.6 Å². The lowest BCUT2D eigenvalue weighted by Crippen LogP contribution is -2.47. The third kappa shape index (κ3) is 8.35. The van der Waals surface area contributed by atoms with Gasteiger partial charge in [-0.15, -0.1) is 6.42 Å². The van der Waals surface area contributed by atoms with Crippen molar-refractivity contribution in [3.8, 4) is 12.3 Å². The van der Waals surface area contributed by atoms with E-state index >= 15 is 0 Å². The molecule has 0 spiro atoms. The number of rotatable bonds is 10. The summed E-state index contributed by atoms with van der Waals surface area (Å²) >= 11 is 0. The van der Waals surface area contributed by atoms with Crippen LogP contribution in [0.15, 0.2) is 0 Å². The summed E-state index contributed by atoms with van der Waals surface area (Å²) in [4.78, 5) is 39.0. The summed E-state index contributed by atoms with van der Waals surface area (Å²) in [6.45, 7) is 5.59. The summed E-state index contributed by atoms with van der Waals surface area (Å²) in [5.41, 5.74) is 0. The van der Waals surface area contributed by atoms with E-state index in [9.17, 15) is 14.4 Å². The first kappa shape index (κ1) is 24.2. The molecule has 0 aromatic carbocycles. The van der Waals surface area contributed by atoms with E-state index in [1.165, 1.54) is 0 Å². The fraction of sp³-hybridized carbons (Fsp3) is 0.783. The number of unbranched alkanes of at least 4 members (excludes halogenated alkanes) is 1. The van der Waals surface area contributed by atoms with Crippen LogP contribution in [0.25, 0.3) is 0 Å². The summed E-state index contributed by atoms with van der Waals surface area (Å²) in [5, 5.41) is 6.13. The second-order valence-corrected chi connectivity index (χ2v) is 8.42. The number of piperidine rings is 2. The number of amides is 2. The normalized spacial score (nSPS) is 20.8. The van der Waals surface area contributed by atoms with Gasteiger partial charge in [-0.25, -0.2) is 0 Å². The molecule has 0 aromatic rings. The zero-order valence-electron chi connectivity index (χ0n) is 18.3. The van der Waals surface area contributed by atoms with Crippen LogP contribution in [0.5, 0.6) is 0 Å². The summed E-state index contributed by atoms with van der Waals surface area (Å²) in [6, 6.07) is -0.683. The lowest BCUT2D eigenvalue weighted by Gasteiger charge is -2.33. The van der Waals surface area contributed by atoms with E-state index in [1.807, 2.05) is 11.8 Å². The molecule has 2 heterocycles. The Labute approximate surface area is 180 Å². The van der Waals surface area contributed by atoms with Gasteiger partial charge in [0.2, 0.25) is 11.8 Å². The van der Waals surface area contributed by atoms with Gasteiger partial charge in [-0.1, -0.05) is 19.3 Å². The highest BCUT2D eigenvalue weighted by Gasteiger charge is 2.30. The highest BCUT2D eigenvalue weighted by atomic mass is 16.5. The van der Waals surface area contributed by atoms with Crippen molar-refractivity contribution in [2.75, 3.05) is 32.8 Å². The molecule has 7 heteroatoms. The molecule has 0 radical (unpaired) electrons. The maximum absolute atomic E-state index is 12.7. The third-order valence-corrected chi connectivity index (χ3v) is 6.02. The Morgan fingerprint density at radius 2 is 2.03 bits per heavy atom.